The molecule has 35 heavy (non-hydrogen) atoms. The number of thioether (sulfide) groups is 1. The Kier molecular flexibility index (Phi) is 9.11. The number of aliphatic carboxylic acids is 1. The Labute approximate surface area is 234 Å². The maximum absolute atomic E-state index is 12.7. The van der Waals surface area contributed by atoms with Gasteiger partial charge in [-0.1, -0.05) is 15.9 Å². The Hall–Kier alpha value is -2.25. The van der Waals surface area contributed by atoms with Crippen molar-refractivity contribution in [3.63, 3.8) is 0 Å². The number of carboxylic acids is 1. The average molecular weight is 573 g/mol. The minimum atomic E-state index is -1.55. The Morgan fingerprint density at radius 2 is 1.91 bits per heavy atom. The number of rotatable bonds is 8. The first-order chi connectivity index (χ1) is 16.2. The summed E-state index contributed by atoms with van der Waals surface area (Å²) in [5, 5.41) is 13.6. The summed E-state index contributed by atoms with van der Waals surface area (Å²) in [6.45, 7) is 1.05. The smallest absolute Gasteiger partial charge is 0.543 e. The second kappa shape index (κ2) is 11.7. The van der Waals surface area contributed by atoms with E-state index in [0.717, 1.165) is 9.37 Å². The third-order valence-corrected chi connectivity index (χ3v) is 6.93. The maximum atomic E-state index is 12.7. The zero-order valence-electron chi connectivity index (χ0n) is 18.7. The summed E-state index contributed by atoms with van der Waals surface area (Å²) in [4.78, 5) is 49.0. The number of furan rings is 1. The number of nitrogens with one attached hydrogen (secondary N) is 1. The van der Waals surface area contributed by atoms with Crippen LogP contribution < -0.4 is 44.7 Å². The summed E-state index contributed by atoms with van der Waals surface area (Å²) in [6.07, 6.45) is 0. The van der Waals surface area contributed by atoms with Crippen LogP contribution in [0, 0.1) is 0 Å². The number of amides is 2. The molecule has 1 fully saturated rings. The van der Waals surface area contributed by atoms with Crippen LogP contribution in [-0.4, -0.2) is 52.4 Å². The molecule has 2 atom stereocenters. The van der Waals surface area contributed by atoms with Gasteiger partial charge >= 0.3 is 35.5 Å². The van der Waals surface area contributed by atoms with Crippen molar-refractivity contribution in [2.24, 2.45) is 0 Å². The molecule has 0 bridgehead atoms. The SMILES string of the molecule is CC(=O)OCC1=C(C(=O)[O-])N2C(=O)C(NC(=O)c3ccc(COc4ccc(Br)cc4)o3)C2SC1.[Na+]. The molecule has 2 unspecified atom stereocenters. The zero-order valence-corrected chi connectivity index (χ0v) is 23.1. The summed E-state index contributed by atoms with van der Waals surface area (Å²) >= 11 is 4.59. The van der Waals surface area contributed by atoms with Crippen LogP contribution in [0.4, 0.5) is 0 Å². The van der Waals surface area contributed by atoms with Gasteiger partial charge < -0.3 is 29.1 Å². The fourth-order valence-electron chi connectivity index (χ4n) is 3.45. The third-order valence-electron chi connectivity index (χ3n) is 5.06. The molecule has 1 N–H and O–H groups in total. The first-order valence-corrected chi connectivity index (χ1v) is 11.9. The van der Waals surface area contributed by atoms with Gasteiger partial charge in [0.15, 0.2) is 5.76 Å². The van der Waals surface area contributed by atoms with E-state index in [1.54, 1.807) is 18.2 Å². The van der Waals surface area contributed by atoms with Crippen LogP contribution in [0.15, 0.2) is 56.6 Å². The number of fused-ring (bicyclic) bond motifs is 1. The summed E-state index contributed by atoms with van der Waals surface area (Å²) in [7, 11) is 0. The largest absolute Gasteiger partial charge is 1.00 e. The summed E-state index contributed by atoms with van der Waals surface area (Å²) < 4.78 is 16.9. The van der Waals surface area contributed by atoms with E-state index >= 15 is 0 Å². The van der Waals surface area contributed by atoms with E-state index in [9.17, 15) is 24.3 Å². The van der Waals surface area contributed by atoms with Crippen molar-refractivity contribution in [1.29, 1.82) is 0 Å². The van der Waals surface area contributed by atoms with Gasteiger partial charge in [-0.05, 0) is 36.4 Å². The summed E-state index contributed by atoms with van der Waals surface area (Å²) in [6, 6.07) is 9.35. The van der Waals surface area contributed by atoms with E-state index in [1.165, 1.54) is 24.8 Å². The Morgan fingerprint density at radius 1 is 1.20 bits per heavy atom. The van der Waals surface area contributed by atoms with Gasteiger partial charge in [0.25, 0.3) is 11.8 Å². The number of nitrogens with zero attached hydrogens (tertiary/aromatic N) is 1. The quantitative estimate of drug-likeness (QED) is 0.221. The molecule has 10 nitrogen and oxygen atoms in total. The number of carbonyl (C=O) groups is 4. The van der Waals surface area contributed by atoms with Crippen molar-refractivity contribution >= 4 is 51.4 Å². The van der Waals surface area contributed by atoms with Crippen LogP contribution in [0.2, 0.25) is 0 Å². The van der Waals surface area contributed by atoms with Gasteiger partial charge in [-0.15, -0.1) is 11.8 Å². The standard InChI is InChI=1S/C22H19BrN2O8S.Na/c1-11(26)31-8-12-10-34-21-17(20(28)25(21)18(12)22(29)30)24-19(27)16-7-6-15(33-16)9-32-14-4-2-13(23)3-5-14;/h2-7,17,21H,8-10H2,1H3,(H,24,27)(H,29,30);/q;+1/p-1. The number of hydrogen-bond acceptors (Lipinski definition) is 9. The average Bonchev–Trinajstić information content (AvgIpc) is 3.29. The summed E-state index contributed by atoms with van der Waals surface area (Å²) in [5.74, 6) is -2.09. The minimum Gasteiger partial charge on any atom is -0.543 e. The van der Waals surface area contributed by atoms with Crippen LogP contribution >= 0.6 is 27.7 Å². The molecule has 2 aliphatic rings. The molecule has 0 spiro atoms. The molecular formula is C22H18BrN2NaO8S. The third kappa shape index (κ3) is 6.12. The molecule has 0 saturated carbocycles. The van der Waals surface area contributed by atoms with Crippen LogP contribution in [0.5, 0.6) is 5.75 Å². The number of carbonyl (C=O) groups excluding carboxylic acids is 4. The fourth-order valence-corrected chi connectivity index (χ4v) is 5.04. The van der Waals surface area contributed by atoms with E-state index in [-0.39, 0.29) is 65.6 Å². The monoisotopic (exact) mass is 572 g/mol. The van der Waals surface area contributed by atoms with Crippen molar-refractivity contribution in [1.82, 2.24) is 10.2 Å². The zero-order chi connectivity index (χ0) is 24.4. The van der Waals surface area contributed by atoms with E-state index in [1.807, 2.05) is 12.1 Å². The predicted molar refractivity (Wildman–Crippen MR) is 120 cm³/mol. The van der Waals surface area contributed by atoms with E-state index in [4.69, 9.17) is 13.9 Å². The van der Waals surface area contributed by atoms with E-state index < -0.39 is 35.2 Å². The van der Waals surface area contributed by atoms with E-state index in [0.29, 0.717) is 11.5 Å². The molecule has 178 valence electrons. The molecule has 4 rings (SSSR count). The van der Waals surface area contributed by atoms with Crippen molar-refractivity contribution in [2.75, 3.05) is 12.4 Å². The van der Waals surface area contributed by atoms with Gasteiger partial charge in [-0.2, -0.15) is 0 Å². The van der Waals surface area contributed by atoms with Crippen molar-refractivity contribution in [2.45, 2.75) is 24.9 Å². The molecule has 1 saturated heterocycles. The number of esters is 1. The molecule has 0 aliphatic carbocycles. The van der Waals surface area contributed by atoms with E-state index in [2.05, 4.69) is 21.2 Å². The van der Waals surface area contributed by atoms with Gasteiger partial charge in [0, 0.05) is 22.7 Å². The van der Waals surface area contributed by atoms with Gasteiger partial charge in [0.05, 0.1) is 11.7 Å². The molecule has 1 aromatic carbocycles. The second-order valence-electron chi connectivity index (χ2n) is 7.39. The van der Waals surface area contributed by atoms with Crippen LogP contribution in [0.25, 0.3) is 0 Å². The minimum absolute atomic E-state index is 0. The topological polar surface area (TPSA) is 138 Å². The number of β-lactam (4-membered cyclic amide) rings is 1. The molecule has 2 aliphatic heterocycles. The van der Waals surface area contributed by atoms with Gasteiger partial charge in [-0.25, -0.2) is 0 Å². The normalized spacial score (nSPS) is 18.7. The van der Waals surface area contributed by atoms with Crippen molar-refractivity contribution in [3.8, 4) is 5.75 Å². The summed E-state index contributed by atoms with van der Waals surface area (Å²) in [5.41, 5.74) is -0.0677. The van der Waals surface area contributed by atoms with Crippen molar-refractivity contribution < 1.29 is 67.7 Å². The Morgan fingerprint density at radius 3 is 2.57 bits per heavy atom. The van der Waals surface area contributed by atoms with Crippen LogP contribution in [0.3, 0.4) is 0 Å². The molecule has 3 heterocycles. The number of ether oxygens (including phenoxy) is 2. The molecule has 2 amide bonds. The molecule has 13 heteroatoms. The van der Waals surface area contributed by atoms with Crippen molar-refractivity contribution in [3.05, 3.63) is 63.7 Å². The number of halogens is 1. The maximum Gasteiger partial charge on any atom is 1.00 e. The number of carboxylic acid groups (broad SMARTS) is 1. The first kappa shape index (κ1) is 27.3. The fraction of sp³-hybridized carbons (Fsp3) is 0.273. The second-order valence-corrected chi connectivity index (χ2v) is 9.41. The van der Waals surface area contributed by atoms with Gasteiger partial charge in [0.1, 0.15) is 36.1 Å². The number of hydrogen-bond donors (Lipinski definition) is 1. The first-order valence-electron chi connectivity index (χ1n) is 10.0. The molecule has 2 aromatic rings. The molecule has 0 radical (unpaired) electrons. The number of benzene rings is 1. The Bertz CT molecular complexity index is 1180. The van der Waals surface area contributed by atoms with Gasteiger partial charge in [-0.3, -0.25) is 19.3 Å². The predicted octanol–water partition coefficient (Wildman–Crippen LogP) is -1.79. The molecule has 1 aromatic heterocycles. The Balaban J connectivity index is 0.00000342. The van der Waals surface area contributed by atoms with Gasteiger partial charge in [0.2, 0.25) is 0 Å². The van der Waals surface area contributed by atoms with Crippen LogP contribution in [0.1, 0.15) is 23.2 Å². The van der Waals surface area contributed by atoms with Crippen LogP contribution in [-0.2, 0) is 25.7 Å². The molecular weight excluding hydrogens is 555 g/mol.